The predicted molar refractivity (Wildman–Crippen MR) is 131 cm³/mol. The summed E-state index contributed by atoms with van der Waals surface area (Å²) in [6.45, 7) is 4.98. The van der Waals surface area contributed by atoms with E-state index in [0.29, 0.717) is 5.96 Å². The number of H-pyrrole nitrogens is 1. The highest BCUT2D eigenvalue weighted by Gasteiger charge is 2.34. The van der Waals surface area contributed by atoms with Crippen molar-refractivity contribution < 1.29 is 0 Å². The van der Waals surface area contributed by atoms with Crippen LogP contribution in [0, 0.1) is 6.92 Å². The molecule has 2 aliphatic rings. The van der Waals surface area contributed by atoms with Crippen molar-refractivity contribution in [3.05, 3.63) is 83.3 Å². The minimum absolute atomic E-state index is 0.452. The fourth-order valence-electron chi connectivity index (χ4n) is 4.79. The Hall–Kier alpha value is -3.25. The molecule has 6 nitrogen and oxygen atoms in total. The number of piperidine rings is 1. The van der Waals surface area contributed by atoms with Gasteiger partial charge in [-0.3, -0.25) is 5.32 Å². The van der Waals surface area contributed by atoms with Gasteiger partial charge in [-0.25, -0.2) is 4.99 Å². The minimum Gasteiger partial charge on any atom is -0.370 e. The van der Waals surface area contributed by atoms with Crippen LogP contribution in [0.2, 0.25) is 0 Å². The first-order valence-corrected chi connectivity index (χ1v) is 11.6. The monoisotopic (exact) mass is 428 g/mol. The standard InChI is InChI=1S/C26H32N6/c1-19-9-11-21(12-10-19)26(17-24(30-25(27)31-26)32-15-5-2-6-16-32)29-14-13-20-18-28-23-8-4-3-7-22(20)23/h3-4,7-12,17-18,28-29H,2,5-6,13-16H2,1H3,(H3,27,30,31). The second kappa shape index (κ2) is 8.71. The van der Waals surface area contributed by atoms with Gasteiger partial charge in [0.15, 0.2) is 11.6 Å². The van der Waals surface area contributed by atoms with Crippen molar-refractivity contribution in [2.45, 2.75) is 38.3 Å². The molecule has 0 saturated carbocycles. The number of nitrogens with one attached hydrogen (secondary N) is 3. The van der Waals surface area contributed by atoms with Crippen LogP contribution in [0.5, 0.6) is 0 Å². The molecular formula is C26H32N6. The summed E-state index contributed by atoms with van der Waals surface area (Å²) < 4.78 is 0. The summed E-state index contributed by atoms with van der Waals surface area (Å²) in [4.78, 5) is 10.7. The van der Waals surface area contributed by atoms with Gasteiger partial charge in [-0.15, -0.1) is 0 Å². The number of aromatic nitrogens is 1. The molecule has 32 heavy (non-hydrogen) atoms. The zero-order chi connectivity index (χ0) is 22.0. The zero-order valence-corrected chi connectivity index (χ0v) is 18.7. The summed E-state index contributed by atoms with van der Waals surface area (Å²) in [5, 5.41) is 8.34. The van der Waals surface area contributed by atoms with Gasteiger partial charge in [0.05, 0.1) is 0 Å². The first kappa shape index (κ1) is 20.6. The molecule has 3 aromatic rings. The van der Waals surface area contributed by atoms with E-state index in [2.05, 4.69) is 88.2 Å². The molecule has 1 atom stereocenters. The van der Waals surface area contributed by atoms with Gasteiger partial charge in [-0.2, -0.15) is 0 Å². The highest BCUT2D eigenvalue weighted by Crippen LogP contribution is 2.30. The molecule has 0 radical (unpaired) electrons. The number of nitrogens with zero attached hydrogens (tertiary/aromatic N) is 2. The molecule has 0 spiro atoms. The summed E-state index contributed by atoms with van der Waals surface area (Å²) >= 11 is 0. The van der Waals surface area contributed by atoms with Gasteiger partial charge in [-0.1, -0.05) is 48.0 Å². The van der Waals surface area contributed by atoms with Gasteiger partial charge in [0, 0.05) is 42.8 Å². The van der Waals surface area contributed by atoms with Gasteiger partial charge in [0.2, 0.25) is 0 Å². The van der Waals surface area contributed by atoms with Crippen LogP contribution in [0.1, 0.15) is 36.0 Å². The van der Waals surface area contributed by atoms with E-state index in [4.69, 9.17) is 10.7 Å². The molecule has 1 saturated heterocycles. The number of hydrogen-bond donors (Lipinski definition) is 4. The van der Waals surface area contributed by atoms with E-state index in [-0.39, 0.29) is 0 Å². The summed E-state index contributed by atoms with van der Waals surface area (Å²) in [5.41, 5.74) is 10.5. The normalized spacial score (nSPS) is 21.2. The number of aliphatic imine (C=N–C) groups is 1. The maximum atomic E-state index is 6.34. The third-order valence-electron chi connectivity index (χ3n) is 6.55. The van der Waals surface area contributed by atoms with E-state index in [9.17, 15) is 0 Å². The van der Waals surface area contributed by atoms with E-state index in [1.54, 1.807) is 0 Å². The van der Waals surface area contributed by atoms with E-state index < -0.39 is 5.66 Å². The molecule has 1 aromatic heterocycles. The molecule has 0 bridgehead atoms. The Labute approximate surface area is 189 Å². The average molecular weight is 429 g/mol. The van der Waals surface area contributed by atoms with Crippen LogP contribution in [-0.4, -0.2) is 35.5 Å². The lowest BCUT2D eigenvalue weighted by Crippen LogP contribution is -2.51. The fraction of sp³-hybridized carbons (Fsp3) is 0.346. The first-order chi connectivity index (χ1) is 15.6. The average Bonchev–Trinajstić information content (AvgIpc) is 3.23. The number of hydrogen-bond acceptors (Lipinski definition) is 5. The number of para-hydroxylation sites is 1. The number of aromatic amines is 1. The highest BCUT2D eigenvalue weighted by molar-refractivity contribution is 5.83. The maximum absolute atomic E-state index is 6.34. The molecule has 0 amide bonds. The van der Waals surface area contributed by atoms with Crippen molar-refractivity contribution in [2.24, 2.45) is 10.7 Å². The lowest BCUT2D eigenvalue weighted by Gasteiger charge is -2.38. The summed E-state index contributed by atoms with van der Waals surface area (Å²) in [7, 11) is 0. The molecular weight excluding hydrogens is 396 g/mol. The van der Waals surface area contributed by atoms with Gasteiger partial charge < -0.3 is 20.9 Å². The van der Waals surface area contributed by atoms with Gasteiger partial charge in [0.1, 0.15) is 5.82 Å². The van der Waals surface area contributed by atoms with Crippen LogP contribution in [0.25, 0.3) is 10.9 Å². The Morgan fingerprint density at radius 2 is 1.84 bits per heavy atom. The lowest BCUT2D eigenvalue weighted by atomic mass is 9.96. The Morgan fingerprint density at radius 3 is 2.66 bits per heavy atom. The number of rotatable bonds is 6. The number of nitrogens with two attached hydrogens (primary N) is 1. The number of aryl methyl sites for hydroxylation is 1. The summed E-state index contributed by atoms with van der Waals surface area (Å²) in [6, 6.07) is 17.0. The predicted octanol–water partition coefficient (Wildman–Crippen LogP) is 3.71. The van der Waals surface area contributed by atoms with Crippen molar-refractivity contribution in [3.8, 4) is 0 Å². The third-order valence-corrected chi connectivity index (χ3v) is 6.55. The van der Waals surface area contributed by atoms with Crippen LogP contribution < -0.4 is 16.4 Å². The van der Waals surface area contributed by atoms with Crippen LogP contribution >= 0.6 is 0 Å². The van der Waals surface area contributed by atoms with Crippen molar-refractivity contribution in [2.75, 3.05) is 19.6 Å². The summed E-state index contributed by atoms with van der Waals surface area (Å²) in [6.07, 6.45) is 8.93. The molecule has 1 fully saturated rings. The van der Waals surface area contributed by atoms with Crippen LogP contribution in [0.15, 0.2) is 71.6 Å². The molecule has 166 valence electrons. The quantitative estimate of drug-likeness (QED) is 0.483. The largest absolute Gasteiger partial charge is 0.370 e. The minimum atomic E-state index is -0.693. The summed E-state index contributed by atoms with van der Waals surface area (Å²) in [5.74, 6) is 1.51. The topological polar surface area (TPSA) is 81.5 Å². The molecule has 1 unspecified atom stereocenters. The molecule has 2 aromatic carbocycles. The van der Waals surface area contributed by atoms with E-state index in [1.807, 2.05) is 0 Å². The Bertz CT molecular complexity index is 1140. The molecule has 6 heteroatoms. The molecule has 0 aliphatic carbocycles. The lowest BCUT2D eigenvalue weighted by molar-refractivity contribution is 0.265. The Morgan fingerprint density at radius 1 is 1.06 bits per heavy atom. The second-order valence-corrected chi connectivity index (χ2v) is 8.87. The zero-order valence-electron chi connectivity index (χ0n) is 18.7. The van der Waals surface area contributed by atoms with Crippen LogP contribution in [0.4, 0.5) is 0 Å². The van der Waals surface area contributed by atoms with Gasteiger partial charge in [0.25, 0.3) is 0 Å². The SMILES string of the molecule is Cc1ccc(C2(NCCc3c[nH]c4ccccc34)C=C(N3CCCCC3)NC(N)=N2)cc1. The van der Waals surface area contributed by atoms with Crippen molar-refractivity contribution in [1.29, 1.82) is 0 Å². The molecule has 5 rings (SSSR count). The van der Waals surface area contributed by atoms with Crippen LogP contribution in [0.3, 0.4) is 0 Å². The van der Waals surface area contributed by atoms with E-state index in [0.717, 1.165) is 37.4 Å². The van der Waals surface area contributed by atoms with E-state index in [1.165, 1.54) is 41.3 Å². The van der Waals surface area contributed by atoms with E-state index >= 15 is 0 Å². The van der Waals surface area contributed by atoms with Gasteiger partial charge in [-0.05, 0) is 49.8 Å². The smallest absolute Gasteiger partial charge is 0.196 e. The number of fused-ring (bicyclic) bond motifs is 1. The Balaban J connectivity index is 1.45. The van der Waals surface area contributed by atoms with Crippen molar-refractivity contribution >= 4 is 16.9 Å². The molecule has 5 N–H and O–H groups in total. The number of guanidine groups is 1. The third kappa shape index (κ3) is 4.10. The van der Waals surface area contributed by atoms with Crippen LogP contribution in [-0.2, 0) is 12.1 Å². The number of likely N-dealkylation sites (tertiary alicyclic amines) is 1. The number of benzene rings is 2. The van der Waals surface area contributed by atoms with Crippen molar-refractivity contribution in [3.63, 3.8) is 0 Å². The Kier molecular flexibility index (Phi) is 5.62. The second-order valence-electron chi connectivity index (χ2n) is 8.87. The van der Waals surface area contributed by atoms with Crippen molar-refractivity contribution in [1.82, 2.24) is 20.5 Å². The maximum Gasteiger partial charge on any atom is 0.196 e. The fourth-order valence-corrected chi connectivity index (χ4v) is 4.79. The van der Waals surface area contributed by atoms with Gasteiger partial charge >= 0.3 is 0 Å². The first-order valence-electron chi connectivity index (χ1n) is 11.6. The molecule has 3 heterocycles. The highest BCUT2D eigenvalue weighted by atomic mass is 15.3. The molecule has 2 aliphatic heterocycles.